The van der Waals surface area contributed by atoms with Crippen molar-refractivity contribution in [2.45, 2.75) is 68.7 Å². The molecule has 3 N–H and O–H groups in total. The van der Waals surface area contributed by atoms with E-state index in [1.165, 1.54) is 22.3 Å². The topological polar surface area (TPSA) is 112 Å². The van der Waals surface area contributed by atoms with Gasteiger partial charge in [-0.25, -0.2) is 0 Å². The molecule has 192 valence electrons. The number of rotatable bonds is 0. The van der Waals surface area contributed by atoms with E-state index < -0.39 is 34.2 Å². The van der Waals surface area contributed by atoms with Crippen molar-refractivity contribution in [1.82, 2.24) is 0 Å². The zero-order valence-electron chi connectivity index (χ0n) is 22.3. The zero-order valence-corrected chi connectivity index (χ0v) is 23.9. The SMILES string of the molecule is CC(C)(C)C(=O)O.CC(C)(C)C(=O)O.CC(C)(C)C(=O)O.[Ti].[c-]1cccc2c1Cc1ccccc1-2. The normalized spacial score (nSPS) is 11.3. The number of aliphatic carboxylic acids is 3. The van der Waals surface area contributed by atoms with Crippen molar-refractivity contribution in [1.29, 1.82) is 0 Å². The average molecular weight is 519 g/mol. The fourth-order valence-electron chi connectivity index (χ4n) is 2.00. The van der Waals surface area contributed by atoms with Gasteiger partial charge in [0, 0.05) is 21.7 Å². The molecule has 0 fully saturated rings. The molecule has 2 aromatic rings. The smallest absolute Gasteiger partial charge is 0.308 e. The Kier molecular flexibility index (Phi) is 14.1. The number of fused-ring (bicyclic) bond motifs is 3. The number of hydrogen-bond donors (Lipinski definition) is 3. The van der Waals surface area contributed by atoms with Gasteiger partial charge in [0.1, 0.15) is 0 Å². The van der Waals surface area contributed by atoms with Crippen molar-refractivity contribution in [3.05, 3.63) is 59.7 Å². The average Bonchev–Trinajstić information content (AvgIpc) is 3.06. The molecule has 1 aliphatic rings. The maximum Gasteiger partial charge on any atom is 0.308 e. The Morgan fingerprint density at radius 1 is 0.657 bits per heavy atom. The minimum absolute atomic E-state index is 0. The van der Waals surface area contributed by atoms with Gasteiger partial charge in [0.05, 0.1) is 16.2 Å². The molecule has 0 amide bonds. The Morgan fingerprint density at radius 3 is 1.37 bits per heavy atom. The summed E-state index contributed by atoms with van der Waals surface area (Å²) in [5.41, 5.74) is 3.76. The molecule has 35 heavy (non-hydrogen) atoms. The Labute approximate surface area is 224 Å². The molecule has 0 bridgehead atoms. The minimum atomic E-state index is -0.757. The van der Waals surface area contributed by atoms with Crippen molar-refractivity contribution >= 4 is 17.9 Å². The Morgan fingerprint density at radius 2 is 1.00 bits per heavy atom. The first-order valence-corrected chi connectivity index (χ1v) is 11.1. The van der Waals surface area contributed by atoms with Gasteiger partial charge in [-0.3, -0.25) is 14.4 Å². The molecule has 0 aliphatic heterocycles. The predicted molar refractivity (Wildman–Crippen MR) is 135 cm³/mol. The molecular weight excluding hydrogens is 480 g/mol. The van der Waals surface area contributed by atoms with E-state index in [1.54, 1.807) is 62.3 Å². The van der Waals surface area contributed by atoms with Crippen LogP contribution in [0.5, 0.6) is 0 Å². The van der Waals surface area contributed by atoms with E-state index >= 15 is 0 Å². The molecular formula is C28H39O6Ti-. The van der Waals surface area contributed by atoms with Crippen molar-refractivity contribution in [3.63, 3.8) is 0 Å². The molecule has 0 aromatic heterocycles. The summed E-state index contributed by atoms with van der Waals surface area (Å²) < 4.78 is 0. The number of carboxylic acids is 3. The van der Waals surface area contributed by atoms with Gasteiger partial charge >= 0.3 is 17.9 Å². The molecule has 0 heterocycles. The molecule has 0 radical (unpaired) electrons. The quantitative estimate of drug-likeness (QED) is 0.234. The van der Waals surface area contributed by atoms with Crippen LogP contribution >= 0.6 is 0 Å². The third kappa shape index (κ3) is 13.3. The second-order valence-electron chi connectivity index (χ2n) is 11.1. The van der Waals surface area contributed by atoms with Crippen LogP contribution in [0, 0.1) is 22.3 Å². The van der Waals surface area contributed by atoms with E-state index in [9.17, 15) is 14.4 Å². The van der Waals surface area contributed by atoms with E-state index in [2.05, 4.69) is 42.5 Å². The second kappa shape index (κ2) is 14.2. The van der Waals surface area contributed by atoms with Gasteiger partial charge in [0.2, 0.25) is 0 Å². The second-order valence-corrected chi connectivity index (χ2v) is 11.1. The van der Waals surface area contributed by atoms with Crippen molar-refractivity contribution in [3.8, 4) is 11.1 Å². The summed E-state index contributed by atoms with van der Waals surface area (Å²) in [6, 6.07) is 18.1. The number of carboxylic acid groups (broad SMARTS) is 3. The fraction of sp³-hybridized carbons (Fsp3) is 0.464. The van der Waals surface area contributed by atoms with Gasteiger partial charge in [-0.05, 0) is 68.7 Å². The third-order valence-electron chi connectivity index (χ3n) is 4.54. The Balaban J connectivity index is 0. The third-order valence-corrected chi connectivity index (χ3v) is 4.54. The summed E-state index contributed by atoms with van der Waals surface area (Å²) in [6.45, 7) is 15.0. The molecule has 0 spiro atoms. The van der Waals surface area contributed by atoms with Crippen LogP contribution < -0.4 is 0 Å². The summed E-state index contributed by atoms with van der Waals surface area (Å²) in [5, 5.41) is 24.8. The molecule has 0 saturated heterocycles. The fourth-order valence-corrected chi connectivity index (χ4v) is 2.00. The van der Waals surface area contributed by atoms with E-state index in [4.69, 9.17) is 15.3 Å². The molecule has 0 unspecified atom stereocenters. The van der Waals surface area contributed by atoms with Gasteiger partial charge in [-0.15, -0.1) is 5.56 Å². The van der Waals surface area contributed by atoms with Gasteiger partial charge in [0.25, 0.3) is 0 Å². The van der Waals surface area contributed by atoms with Crippen LogP contribution in [-0.4, -0.2) is 33.2 Å². The molecule has 3 rings (SSSR count). The minimum Gasteiger partial charge on any atom is -0.481 e. The van der Waals surface area contributed by atoms with Crippen LogP contribution in [-0.2, 0) is 42.5 Å². The Bertz CT molecular complexity index is 875. The first-order valence-electron chi connectivity index (χ1n) is 11.1. The predicted octanol–water partition coefficient (Wildman–Crippen LogP) is 6.41. The summed E-state index contributed by atoms with van der Waals surface area (Å²) in [7, 11) is 0. The largest absolute Gasteiger partial charge is 0.481 e. The maximum atomic E-state index is 10.0. The molecule has 7 heteroatoms. The maximum absolute atomic E-state index is 10.0. The summed E-state index contributed by atoms with van der Waals surface area (Å²) in [5.74, 6) is -2.27. The zero-order chi connectivity index (χ0) is 26.9. The Hall–Kier alpha value is -2.44. The van der Waals surface area contributed by atoms with Crippen LogP contribution in [0.2, 0.25) is 0 Å². The molecule has 6 nitrogen and oxygen atoms in total. The molecule has 0 atom stereocenters. The monoisotopic (exact) mass is 519 g/mol. The first kappa shape index (κ1) is 34.7. The number of benzene rings is 2. The van der Waals surface area contributed by atoms with E-state index in [0.29, 0.717) is 0 Å². The number of carbonyl (C=O) groups is 3. The van der Waals surface area contributed by atoms with Crippen molar-refractivity contribution in [2.75, 3.05) is 0 Å². The van der Waals surface area contributed by atoms with Crippen LogP contribution in [0.3, 0.4) is 0 Å². The van der Waals surface area contributed by atoms with Gasteiger partial charge in [-0.1, -0.05) is 35.4 Å². The molecule has 1 aliphatic carbocycles. The summed E-state index contributed by atoms with van der Waals surface area (Å²) in [6.07, 6.45) is 1.05. The van der Waals surface area contributed by atoms with Crippen molar-refractivity contribution < 1.29 is 51.4 Å². The van der Waals surface area contributed by atoms with Crippen molar-refractivity contribution in [2.24, 2.45) is 16.2 Å². The van der Waals surface area contributed by atoms with Gasteiger partial charge in [0.15, 0.2) is 0 Å². The van der Waals surface area contributed by atoms with E-state index in [1.807, 2.05) is 6.07 Å². The van der Waals surface area contributed by atoms with Crippen LogP contribution in [0.1, 0.15) is 73.4 Å². The van der Waals surface area contributed by atoms with Gasteiger partial charge < -0.3 is 15.3 Å². The van der Waals surface area contributed by atoms with Crippen LogP contribution in [0.25, 0.3) is 11.1 Å². The standard InChI is InChI=1S/C13H9.3C5H10O2.Ti/c1-3-7-12-10(5-1)9-11-6-2-4-8-13(11)12;3*1-5(2,3)4(6)7;/h1-5,7-8H,9H2;3*1-3H3,(H,6,7);/q-1;;;;. The molecule has 0 saturated carbocycles. The molecule has 2 aromatic carbocycles. The van der Waals surface area contributed by atoms with E-state index in [-0.39, 0.29) is 21.7 Å². The summed E-state index contributed by atoms with van der Waals surface area (Å²) in [4.78, 5) is 30.1. The van der Waals surface area contributed by atoms with Gasteiger partial charge in [-0.2, -0.15) is 29.8 Å². The number of hydrogen-bond acceptors (Lipinski definition) is 3. The van der Waals surface area contributed by atoms with Crippen LogP contribution in [0.4, 0.5) is 0 Å². The van der Waals surface area contributed by atoms with Crippen LogP contribution in [0.15, 0.2) is 42.5 Å². The summed E-state index contributed by atoms with van der Waals surface area (Å²) >= 11 is 0. The van der Waals surface area contributed by atoms with E-state index in [0.717, 1.165) is 6.42 Å². The first-order chi connectivity index (χ1) is 15.3.